The molecule has 1 aromatic rings. The zero-order valence-electron chi connectivity index (χ0n) is 13.4. The van der Waals surface area contributed by atoms with Gasteiger partial charge >= 0.3 is 0 Å². The first kappa shape index (κ1) is 16.8. The Morgan fingerprint density at radius 2 is 2.00 bits per heavy atom. The van der Waals surface area contributed by atoms with Crippen molar-refractivity contribution in [2.45, 2.75) is 39.5 Å². The highest BCUT2D eigenvalue weighted by molar-refractivity contribution is 7.90. The largest absolute Gasteiger partial charge is 0.311 e. The fraction of sp³-hybridized carbons (Fsp3) is 0.533. The number of fused-ring (bicyclic) bond motifs is 1. The van der Waals surface area contributed by atoms with Gasteiger partial charge in [0.15, 0.2) is 0 Å². The van der Waals surface area contributed by atoms with Gasteiger partial charge in [0.1, 0.15) is 0 Å². The average Bonchev–Trinajstić information content (AvgIpc) is 2.58. The lowest BCUT2D eigenvalue weighted by molar-refractivity contribution is -0.122. The van der Waals surface area contributed by atoms with E-state index in [2.05, 4.69) is 18.6 Å². The van der Waals surface area contributed by atoms with Crippen LogP contribution in [0.1, 0.15) is 39.7 Å². The maximum atomic E-state index is 12.7. The number of nitrogens with zero attached hydrogens (tertiary/aromatic N) is 1. The molecule has 0 radical (unpaired) electrons. The van der Waals surface area contributed by atoms with E-state index in [-0.39, 0.29) is 5.91 Å². The minimum absolute atomic E-state index is 0.0376. The molecule has 0 saturated carbocycles. The van der Waals surface area contributed by atoms with Crippen molar-refractivity contribution in [1.29, 1.82) is 0 Å². The van der Waals surface area contributed by atoms with Crippen LogP contribution in [0.5, 0.6) is 0 Å². The van der Waals surface area contributed by atoms with E-state index in [1.807, 2.05) is 13.8 Å². The van der Waals surface area contributed by atoms with Crippen molar-refractivity contribution in [3.8, 4) is 0 Å². The molecule has 6 nitrogen and oxygen atoms in total. The van der Waals surface area contributed by atoms with Gasteiger partial charge in [0.05, 0.1) is 11.1 Å². The molecule has 3 N–H and O–H groups in total. The minimum atomic E-state index is -3.83. The van der Waals surface area contributed by atoms with Crippen molar-refractivity contribution in [2.24, 2.45) is 11.1 Å². The molecule has 1 aliphatic heterocycles. The molecule has 122 valence electrons. The van der Waals surface area contributed by atoms with E-state index >= 15 is 0 Å². The SMILES string of the molecule is CC[C@H](C)CN1C(=O)C(C)(C)c2cc(NS(N)(=O)=O)ccc21. The molecule has 1 atom stereocenters. The average molecular weight is 325 g/mol. The van der Waals surface area contributed by atoms with Crippen LogP contribution in [-0.4, -0.2) is 20.9 Å². The Labute approximate surface area is 131 Å². The summed E-state index contributed by atoms with van der Waals surface area (Å²) in [6, 6.07) is 5.09. The predicted molar refractivity (Wildman–Crippen MR) is 88.0 cm³/mol. The summed E-state index contributed by atoms with van der Waals surface area (Å²) in [4.78, 5) is 14.5. The number of benzene rings is 1. The van der Waals surface area contributed by atoms with Crippen molar-refractivity contribution in [1.82, 2.24) is 0 Å². The van der Waals surface area contributed by atoms with Gasteiger partial charge in [-0.3, -0.25) is 9.52 Å². The molecule has 1 amide bonds. The van der Waals surface area contributed by atoms with Crippen LogP contribution in [-0.2, 0) is 20.4 Å². The van der Waals surface area contributed by atoms with Crippen LogP contribution in [0.2, 0.25) is 0 Å². The molecule has 0 aliphatic carbocycles. The molecule has 0 spiro atoms. The molecule has 2 rings (SSSR count). The summed E-state index contributed by atoms with van der Waals surface area (Å²) >= 11 is 0. The number of hydrogen-bond donors (Lipinski definition) is 2. The van der Waals surface area contributed by atoms with E-state index in [0.717, 1.165) is 17.7 Å². The quantitative estimate of drug-likeness (QED) is 0.867. The van der Waals surface area contributed by atoms with Gasteiger partial charge in [-0.25, -0.2) is 5.14 Å². The van der Waals surface area contributed by atoms with Gasteiger partial charge in [-0.2, -0.15) is 8.42 Å². The summed E-state index contributed by atoms with van der Waals surface area (Å²) in [5, 5.41) is 5.00. The highest BCUT2D eigenvalue weighted by Gasteiger charge is 2.44. The van der Waals surface area contributed by atoms with Gasteiger partial charge in [-0.05, 0) is 43.5 Å². The second-order valence-electron chi connectivity index (χ2n) is 6.43. The number of rotatable bonds is 5. The van der Waals surface area contributed by atoms with Crippen LogP contribution in [0.15, 0.2) is 18.2 Å². The summed E-state index contributed by atoms with van der Waals surface area (Å²) < 4.78 is 24.6. The van der Waals surface area contributed by atoms with Gasteiger partial charge in [0.25, 0.3) is 10.2 Å². The summed E-state index contributed by atoms with van der Waals surface area (Å²) in [5.41, 5.74) is 1.34. The molecular weight excluding hydrogens is 302 g/mol. The Kier molecular flexibility index (Phi) is 4.23. The zero-order chi connectivity index (χ0) is 16.7. The smallest absolute Gasteiger partial charge is 0.296 e. The van der Waals surface area contributed by atoms with E-state index in [9.17, 15) is 13.2 Å². The second kappa shape index (κ2) is 5.55. The minimum Gasteiger partial charge on any atom is -0.311 e. The Morgan fingerprint density at radius 3 is 2.55 bits per heavy atom. The van der Waals surface area contributed by atoms with Gasteiger partial charge in [-0.15, -0.1) is 0 Å². The maximum absolute atomic E-state index is 12.7. The molecule has 0 saturated heterocycles. The summed E-state index contributed by atoms with van der Waals surface area (Å²) in [6.45, 7) is 8.57. The number of carbonyl (C=O) groups excluding carboxylic acids is 1. The maximum Gasteiger partial charge on any atom is 0.296 e. The first-order valence-corrected chi connectivity index (χ1v) is 8.88. The van der Waals surface area contributed by atoms with E-state index in [4.69, 9.17) is 5.14 Å². The van der Waals surface area contributed by atoms with Crippen molar-refractivity contribution in [2.75, 3.05) is 16.2 Å². The predicted octanol–water partition coefficient (Wildman–Crippen LogP) is 1.97. The Bertz CT molecular complexity index is 698. The molecule has 0 aromatic heterocycles. The molecule has 1 aliphatic rings. The molecule has 0 fully saturated rings. The molecule has 7 heteroatoms. The number of carbonyl (C=O) groups is 1. The van der Waals surface area contributed by atoms with Gasteiger partial charge in [0, 0.05) is 12.2 Å². The first-order chi connectivity index (χ1) is 10.1. The normalized spacial score (nSPS) is 18.2. The monoisotopic (exact) mass is 325 g/mol. The van der Waals surface area contributed by atoms with Crippen LogP contribution < -0.4 is 14.8 Å². The first-order valence-electron chi connectivity index (χ1n) is 7.33. The standard InChI is InChI=1S/C15H23N3O3S/c1-5-10(2)9-18-13-7-6-11(17-22(16,20)21)8-12(13)15(3,4)14(18)19/h6-8,10,17H,5,9H2,1-4H3,(H2,16,20,21)/t10-/m0/s1. The molecule has 1 heterocycles. The van der Waals surface area contributed by atoms with Crippen molar-refractivity contribution >= 4 is 27.5 Å². The number of anilines is 2. The number of amides is 1. The van der Waals surface area contributed by atoms with Crippen LogP contribution in [0.3, 0.4) is 0 Å². The fourth-order valence-corrected chi connectivity index (χ4v) is 3.14. The third-order valence-corrected chi connectivity index (χ3v) is 4.71. The van der Waals surface area contributed by atoms with Crippen LogP contribution in [0.4, 0.5) is 11.4 Å². The Balaban J connectivity index is 2.44. The van der Waals surface area contributed by atoms with Crippen LogP contribution in [0.25, 0.3) is 0 Å². The van der Waals surface area contributed by atoms with Gasteiger partial charge < -0.3 is 4.90 Å². The number of nitrogens with two attached hydrogens (primary N) is 1. The van der Waals surface area contributed by atoms with E-state index < -0.39 is 15.6 Å². The molecule has 22 heavy (non-hydrogen) atoms. The van der Waals surface area contributed by atoms with Crippen molar-refractivity contribution < 1.29 is 13.2 Å². The topological polar surface area (TPSA) is 92.5 Å². The fourth-order valence-electron chi connectivity index (χ4n) is 2.68. The summed E-state index contributed by atoms with van der Waals surface area (Å²) in [6.07, 6.45) is 0.991. The third-order valence-electron chi connectivity index (χ3n) is 4.19. The lowest BCUT2D eigenvalue weighted by Gasteiger charge is -2.23. The number of nitrogens with one attached hydrogen (secondary N) is 1. The molecule has 0 bridgehead atoms. The van der Waals surface area contributed by atoms with Gasteiger partial charge in [-0.1, -0.05) is 20.3 Å². The van der Waals surface area contributed by atoms with Crippen molar-refractivity contribution in [3.63, 3.8) is 0 Å². The van der Waals surface area contributed by atoms with E-state index in [1.54, 1.807) is 23.1 Å². The Hall–Kier alpha value is -1.60. The highest BCUT2D eigenvalue weighted by atomic mass is 32.2. The van der Waals surface area contributed by atoms with Crippen LogP contribution in [0, 0.1) is 5.92 Å². The van der Waals surface area contributed by atoms with E-state index in [1.165, 1.54) is 0 Å². The molecular formula is C15H23N3O3S. The zero-order valence-corrected chi connectivity index (χ0v) is 14.2. The highest BCUT2D eigenvalue weighted by Crippen LogP contribution is 2.43. The molecule has 1 aromatic carbocycles. The third kappa shape index (κ3) is 3.10. The Morgan fingerprint density at radius 1 is 1.36 bits per heavy atom. The molecule has 0 unspecified atom stereocenters. The van der Waals surface area contributed by atoms with Crippen molar-refractivity contribution in [3.05, 3.63) is 23.8 Å². The lowest BCUT2D eigenvalue weighted by Crippen LogP contribution is -2.38. The van der Waals surface area contributed by atoms with E-state index in [0.29, 0.717) is 18.2 Å². The second-order valence-corrected chi connectivity index (χ2v) is 7.73. The van der Waals surface area contributed by atoms with Crippen LogP contribution >= 0.6 is 0 Å². The van der Waals surface area contributed by atoms with Gasteiger partial charge in [0.2, 0.25) is 5.91 Å². The lowest BCUT2D eigenvalue weighted by atomic mass is 9.86. The summed E-state index contributed by atoms with van der Waals surface area (Å²) in [5.74, 6) is 0.434. The number of hydrogen-bond acceptors (Lipinski definition) is 3. The summed E-state index contributed by atoms with van der Waals surface area (Å²) in [7, 11) is -3.83.